The zero-order chi connectivity index (χ0) is 19.7. The summed E-state index contributed by atoms with van der Waals surface area (Å²) in [7, 11) is 0. The SMILES string of the molecule is O=C(O)c1ccc(N2C(=O)C[C@@H](N3CCN(c4ccccn4)CC3)C2=O)cc1. The fourth-order valence-electron chi connectivity index (χ4n) is 3.73. The summed E-state index contributed by atoms with van der Waals surface area (Å²) in [5.41, 5.74) is 0.527. The third kappa shape index (κ3) is 3.34. The highest BCUT2D eigenvalue weighted by molar-refractivity contribution is 6.22. The number of hydrogen-bond acceptors (Lipinski definition) is 6. The molecule has 2 fully saturated rings. The van der Waals surface area contributed by atoms with Gasteiger partial charge in [-0.2, -0.15) is 0 Å². The van der Waals surface area contributed by atoms with E-state index in [9.17, 15) is 14.4 Å². The van der Waals surface area contributed by atoms with Crippen LogP contribution in [0, 0.1) is 0 Å². The van der Waals surface area contributed by atoms with E-state index < -0.39 is 12.0 Å². The number of nitrogens with zero attached hydrogens (tertiary/aromatic N) is 4. The molecule has 0 spiro atoms. The van der Waals surface area contributed by atoms with E-state index in [4.69, 9.17) is 5.11 Å². The summed E-state index contributed by atoms with van der Waals surface area (Å²) in [6.45, 7) is 2.82. The molecule has 2 aliphatic heterocycles. The minimum Gasteiger partial charge on any atom is -0.478 e. The van der Waals surface area contributed by atoms with Gasteiger partial charge < -0.3 is 10.0 Å². The smallest absolute Gasteiger partial charge is 0.335 e. The molecule has 2 aromatic rings. The number of carboxylic acid groups (broad SMARTS) is 1. The van der Waals surface area contributed by atoms with Gasteiger partial charge in [-0.05, 0) is 36.4 Å². The van der Waals surface area contributed by atoms with E-state index in [1.165, 1.54) is 29.2 Å². The molecule has 0 aliphatic carbocycles. The lowest BCUT2D eigenvalue weighted by atomic mass is 10.1. The van der Waals surface area contributed by atoms with Gasteiger partial charge in [0, 0.05) is 32.4 Å². The Bertz CT molecular complexity index is 892. The molecule has 3 heterocycles. The average Bonchev–Trinajstić information content (AvgIpc) is 3.03. The normalized spacial score (nSPS) is 20.6. The number of amides is 2. The highest BCUT2D eigenvalue weighted by atomic mass is 16.4. The molecular weight excluding hydrogens is 360 g/mol. The van der Waals surface area contributed by atoms with Crippen molar-refractivity contribution in [1.29, 1.82) is 0 Å². The quantitative estimate of drug-likeness (QED) is 0.798. The van der Waals surface area contributed by atoms with Crippen molar-refractivity contribution in [3.63, 3.8) is 0 Å². The van der Waals surface area contributed by atoms with Crippen molar-refractivity contribution in [2.24, 2.45) is 0 Å². The van der Waals surface area contributed by atoms with Crippen molar-refractivity contribution in [3.8, 4) is 0 Å². The van der Waals surface area contributed by atoms with Gasteiger partial charge in [0.15, 0.2) is 0 Å². The fourth-order valence-corrected chi connectivity index (χ4v) is 3.73. The number of rotatable bonds is 4. The summed E-state index contributed by atoms with van der Waals surface area (Å²) < 4.78 is 0. The molecule has 2 amide bonds. The van der Waals surface area contributed by atoms with Crippen LogP contribution in [0.1, 0.15) is 16.8 Å². The Morgan fingerprint density at radius 3 is 2.32 bits per heavy atom. The van der Waals surface area contributed by atoms with Gasteiger partial charge in [0.25, 0.3) is 5.91 Å². The third-order valence-corrected chi connectivity index (χ3v) is 5.22. The first-order valence-corrected chi connectivity index (χ1v) is 9.15. The van der Waals surface area contributed by atoms with Crippen LogP contribution in [-0.4, -0.2) is 65.0 Å². The average molecular weight is 380 g/mol. The maximum atomic E-state index is 12.9. The highest BCUT2D eigenvalue weighted by Crippen LogP contribution is 2.27. The maximum Gasteiger partial charge on any atom is 0.335 e. The summed E-state index contributed by atoms with van der Waals surface area (Å²) in [6, 6.07) is 11.1. The van der Waals surface area contributed by atoms with Crippen molar-refractivity contribution >= 4 is 29.3 Å². The number of aromatic carboxylic acids is 1. The van der Waals surface area contributed by atoms with E-state index in [1.54, 1.807) is 6.20 Å². The second-order valence-corrected chi connectivity index (χ2v) is 6.85. The molecule has 8 nitrogen and oxygen atoms in total. The van der Waals surface area contributed by atoms with Gasteiger partial charge in [-0.1, -0.05) is 6.07 Å². The molecule has 1 atom stereocenters. The molecule has 0 radical (unpaired) electrons. The number of carboxylic acids is 1. The molecule has 1 aromatic carbocycles. The molecule has 2 saturated heterocycles. The summed E-state index contributed by atoms with van der Waals surface area (Å²) in [5, 5.41) is 9.00. The Morgan fingerprint density at radius 2 is 1.71 bits per heavy atom. The number of benzene rings is 1. The number of aromatic nitrogens is 1. The lowest BCUT2D eigenvalue weighted by Crippen LogP contribution is -2.52. The molecule has 144 valence electrons. The standard InChI is InChI=1S/C20H20N4O4/c25-18-13-16(19(26)24(18)15-6-4-14(5-7-15)20(27)28)22-9-11-23(12-10-22)17-3-1-2-8-21-17/h1-8,16H,9-13H2,(H,27,28)/t16-/m1/s1. The van der Waals surface area contributed by atoms with Crippen LogP contribution in [0.3, 0.4) is 0 Å². The van der Waals surface area contributed by atoms with Gasteiger partial charge in [-0.3, -0.25) is 14.5 Å². The lowest BCUT2D eigenvalue weighted by molar-refractivity contribution is -0.123. The first kappa shape index (κ1) is 18.1. The highest BCUT2D eigenvalue weighted by Gasteiger charge is 2.43. The molecule has 0 bridgehead atoms. The van der Waals surface area contributed by atoms with Crippen LogP contribution >= 0.6 is 0 Å². The molecule has 4 rings (SSSR count). The third-order valence-electron chi connectivity index (χ3n) is 5.22. The Labute approximate surface area is 162 Å². The predicted octanol–water partition coefficient (Wildman–Crippen LogP) is 1.23. The Morgan fingerprint density at radius 1 is 1.00 bits per heavy atom. The van der Waals surface area contributed by atoms with Crippen LogP contribution < -0.4 is 9.80 Å². The van der Waals surface area contributed by atoms with E-state index in [0.29, 0.717) is 18.8 Å². The van der Waals surface area contributed by atoms with Crippen molar-refractivity contribution in [1.82, 2.24) is 9.88 Å². The zero-order valence-electron chi connectivity index (χ0n) is 15.2. The van der Waals surface area contributed by atoms with Gasteiger partial charge in [0.05, 0.1) is 23.7 Å². The topological polar surface area (TPSA) is 94.1 Å². The predicted molar refractivity (Wildman–Crippen MR) is 102 cm³/mol. The molecule has 2 aliphatic rings. The molecule has 1 N–H and O–H groups in total. The minimum absolute atomic E-state index is 0.116. The number of pyridine rings is 1. The van der Waals surface area contributed by atoms with Gasteiger partial charge >= 0.3 is 5.97 Å². The molecule has 8 heteroatoms. The second kappa shape index (κ2) is 7.40. The van der Waals surface area contributed by atoms with E-state index in [2.05, 4.69) is 9.88 Å². The van der Waals surface area contributed by atoms with E-state index in [0.717, 1.165) is 18.9 Å². The van der Waals surface area contributed by atoms with Crippen molar-refractivity contribution < 1.29 is 19.5 Å². The monoisotopic (exact) mass is 380 g/mol. The van der Waals surface area contributed by atoms with Crippen LogP contribution in [0.25, 0.3) is 0 Å². The summed E-state index contributed by atoms with van der Waals surface area (Å²) >= 11 is 0. The molecule has 0 saturated carbocycles. The number of imide groups is 1. The van der Waals surface area contributed by atoms with Gasteiger partial charge in [0.2, 0.25) is 5.91 Å². The summed E-state index contributed by atoms with van der Waals surface area (Å²) in [4.78, 5) is 46.1. The summed E-state index contributed by atoms with van der Waals surface area (Å²) in [6.07, 6.45) is 1.90. The van der Waals surface area contributed by atoms with Crippen LogP contribution in [0.2, 0.25) is 0 Å². The Kier molecular flexibility index (Phi) is 4.79. The van der Waals surface area contributed by atoms with Crippen molar-refractivity contribution in [2.45, 2.75) is 12.5 Å². The van der Waals surface area contributed by atoms with Crippen LogP contribution in [0.5, 0.6) is 0 Å². The maximum absolute atomic E-state index is 12.9. The van der Waals surface area contributed by atoms with Crippen molar-refractivity contribution in [2.75, 3.05) is 36.0 Å². The van der Waals surface area contributed by atoms with Crippen molar-refractivity contribution in [3.05, 3.63) is 54.2 Å². The second-order valence-electron chi connectivity index (χ2n) is 6.85. The van der Waals surface area contributed by atoms with Crippen LogP contribution in [0.15, 0.2) is 48.7 Å². The number of piperazine rings is 1. The number of anilines is 2. The van der Waals surface area contributed by atoms with Gasteiger partial charge in [-0.25, -0.2) is 14.7 Å². The van der Waals surface area contributed by atoms with Gasteiger partial charge in [-0.15, -0.1) is 0 Å². The largest absolute Gasteiger partial charge is 0.478 e. The zero-order valence-corrected chi connectivity index (χ0v) is 15.2. The Balaban J connectivity index is 1.44. The first-order valence-electron chi connectivity index (χ1n) is 9.15. The molecular formula is C20H20N4O4. The van der Waals surface area contributed by atoms with E-state index >= 15 is 0 Å². The number of carbonyl (C=O) groups is 3. The number of carbonyl (C=O) groups excluding carboxylic acids is 2. The summed E-state index contributed by atoms with van der Waals surface area (Å²) in [5.74, 6) is -0.644. The van der Waals surface area contributed by atoms with Crippen LogP contribution in [0.4, 0.5) is 11.5 Å². The molecule has 0 unspecified atom stereocenters. The number of hydrogen-bond donors (Lipinski definition) is 1. The lowest BCUT2D eigenvalue weighted by Gasteiger charge is -2.37. The molecule has 28 heavy (non-hydrogen) atoms. The van der Waals surface area contributed by atoms with Gasteiger partial charge in [0.1, 0.15) is 5.82 Å². The van der Waals surface area contributed by atoms with E-state index in [1.807, 2.05) is 23.1 Å². The first-order chi connectivity index (χ1) is 13.5. The molecule has 1 aromatic heterocycles. The van der Waals surface area contributed by atoms with E-state index in [-0.39, 0.29) is 23.8 Å². The van der Waals surface area contributed by atoms with Crippen LogP contribution in [-0.2, 0) is 9.59 Å². The fraction of sp³-hybridized carbons (Fsp3) is 0.300. The Hall–Kier alpha value is -3.26. The minimum atomic E-state index is -1.05.